The summed E-state index contributed by atoms with van der Waals surface area (Å²) in [7, 11) is 0. The molecule has 1 saturated heterocycles. The van der Waals surface area contributed by atoms with E-state index in [1.165, 1.54) is 0 Å². The first kappa shape index (κ1) is 13.7. The Morgan fingerprint density at radius 2 is 2.32 bits per heavy atom. The van der Waals surface area contributed by atoms with Gasteiger partial charge in [0.2, 0.25) is 0 Å². The van der Waals surface area contributed by atoms with Crippen molar-refractivity contribution in [2.45, 2.75) is 13.0 Å². The number of benzene rings is 1. The van der Waals surface area contributed by atoms with Crippen molar-refractivity contribution < 1.29 is 8.83 Å². The number of nitrogens with one attached hydrogen (secondary N) is 1. The van der Waals surface area contributed by atoms with Crippen molar-refractivity contribution in [2.75, 3.05) is 24.5 Å². The van der Waals surface area contributed by atoms with Crippen molar-refractivity contribution in [3.63, 3.8) is 0 Å². The number of piperazine rings is 1. The third kappa shape index (κ3) is 2.26. The van der Waals surface area contributed by atoms with Crippen LogP contribution in [0.1, 0.15) is 6.92 Å². The van der Waals surface area contributed by atoms with Crippen LogP contribution in [0.25, 0.3) is 22.4 Å². The standard InChI is InChI=1S/C16H16ClN3O2/c1-10-9-18-4-5-20(10)16-19-15-12(13-3-2-6-21-13)7-11(17)8-14(15)22-16/h2-3,6-8,10,18H,4-5,9H2,1H3/t10-/m1/s1. The number of anilines is 1. The zero-order valence-corrected chi connectivity index (χ0v) is 12.9. The molecule has 1 aliphatic heterocycles. The molecular formula is C16H16ClN3O2. The van der Waals surface area contributed by atoms with Crippen molar-refractivity contribution in [2.24, 2.45) is 0 Å². The Balaban J connectivity index is 1.85. The molecule has 3 aromatic rings. The number of hydrogen-bond acceptors (Lipinski definition) is 5. The van der Waals surface area contributed by atoms with E-state index in [4.69, 9.17) is 25.4 Å². The molecule has 2 aromatic heterocycles. The third-order valence-electron chi connectivity index (χ3n) is 3.98. The lowest BCUT2D eigenvalue weighted by Gasteiger charge is -2.32. The van der Waals surface area contributed by atoms with Crippen molar-refractivity contribution in [3.05, 3.63) is 35.6 Å². The van der Waals surface area contributed by atoms with Crippen LogP contribution in [0.4, 0.5) is 6.01 Å². The smallest absolute Gasteiger partial charge is 0.298 e. The molecule has 1 fully saturated rings. The Morgan fingerprint density at radius 1 is 1.41 bits per heavy atom. The molecule has 114 valence electrons. The van der Waals surface area contributed by atoms with Gasteiger partial charge in [0.05, 0.1) is 6.26 Å². The van der Waals surface area contributed by atoms with E-state index in [1.54, 1.807) is 12.3 Å². The number of aromatic nitrogens is 1. The highest BCUT2D eigenvalue weighted by molar-refractivity contribution is 6.31. The van der Waals surface area contributed by atoms with Crippen molar-refractivity contribution in [1.82, 2.24) is 10.3 Å². The van der Waals surface area contributed by atoms with Gasteiger partial charge in [-0.3, -0.25) is 0 Å². The molecule has 0 radical (unpaired) electrons. The molecule has 6 heteroatoms. The number of rotatable bonds is 2. The molecule has 0 spiro atoms. The van der Waals surface area contributed by atoms with E-state index in [1.807, 2.05) is 18.2 Å². The van der Waals surface area contributed by atoms with Crippen molar-refractivity contribution >= 4 is 28.7 Å². The summed E-state index contributed by atoms with van der Waals surface area (Å²) in [5.74, 6) is 0.737. The molecule has 0 bridgehead atoms. The van der Waals surface area contributed by atoms with Crippen LogP contribution < -0.4 is 10.2 Å². The maximum absolute atomic E-state index is 6.21. The Morgan fingerprint density at radius 3 is 3.09 bits per heavy atom. The number of furan rings is 1. The number of fused-ring (bicyclic) bond motifs is 1. The zero-order valence-electron chi connectivity index (χ0n) is 12.2. The van der Waals surface area contributed by atoms with E-state index >= 15 is 0 Å². The van der Waals surface area contributed by atoms with E-state index in [-0.39, 0.29) is 0 Å². The van der Waals surface area contributed by atoms with Gasteiger partial charge in [-0.25, -0.2) is 0 Å². The van der Waals surface area contributed by atoms with Crippen LogP contribution in [-0.2, 0) is 0 Å². The topological polar surface area (TPSA) is 54.4 Å². The quantitative estimate of drug-likeness (QED) is 0.783. The Hall–Kier alpha value is -1.98. The van der Waals surface area contributed by atoms with Crippen molar-refractivity contribution in [1.29, 1.82) is 0 Å². The Kier molecular flexibility index (Phi) is 3.32. The van der Waals surface area contributed by atoms with Gasteiger partial charge in [-0.15, -0.1) is 0 Å². The minimum atomic E-state index is 0.337. The molecule has 0 unspecified atom stereocenters. The first-order chi connectivity index (χ1) is 10.7. The van der Waals surface area contributed by atoms with Gasteiger partial charge in [0.1, 0.15) is 11.3 Å². The highest BCUT2D eigenvalue weighted by Crippen LogP contribution is 2.34. The molecule has 1 aromatic carbocycles. The first-order valence-electron chi connectivity index (χ1n) is 7.34. The highest BCUT2D eigenvalue weighted by atomic mass is 35.5. The summed E-state index contributed by atoms with van der Waals surface area (Å²) in [5.41, 5.74) is 2.31. The molecule has 1 atom stereocenters. The lowest BCUT2D eigenvalue weighted by Crippen LogP contribution is -2.50. The Labute approximate surface area is 132 Å². The summed E-state index contributed by atoms with van der Waals surface area (Å²) < 4.78 is 11.5. The van der Waals surface area contributed by atoms with Gasteiger partial charge < -0.3 is 19.1 Å². The molecule has 4 rings (SSSR count). The number of oxazole rings is 1. The zero-order chi connectivity index (χ0) is 15.1. The maximum Gasteiger partial charge on any atom is 0.298 e. The van der Waals surface area contributed by atoms with E-state index < -0.39 is 0 Å². The average Bonchev–Trinajstić information content (AvgIpc) is 3.15. The molecule has 22 heavy (non-hydrogen) atoms. The molecule has 3 heterocycles. The number of nitrogens with zero attached hydrogens (tertiary/aromatic N) is 2. The fourth-order valence-electron chi connectivity index (χ4n) is 2.85. The number of hydrogen-bond donors (Lipinski definition) is 1. The molecule has 0 amide bonds. The fourth-order valence-corrected chi connectivity index (χ4v) is 3.06. The van der Waals surface area contributed by atoms with Crippen LogP contribution in [0, 0.1) is 0 Å². The summed E-state index contributed by atoms with van der Waals surface area (Å²) in [5, 5.41) is 3.97. The van der Waals surface area contributed by atoms with Gasteiger partial charge in [-0.05, 0) is 25.1 Å². The molecule has 1 N–H and O–H groups in total. The summed E-state index contributed by atoms with van der Waals surface area (Å²) in [4.78, 5) is 6.87. The fraction of sp³-hybridized carbons (Fsp3) is 0.312. The second kappa shape index (κ2) is 5.34. The van der Waals surface area contributed by atoms with Gasteiger partial charge in [-0.1, -0.05) is 11.6 Å². The van der Waals surface area contributed by atoms with Gasteiger partial charge in [0.25, 0.3) is 6.01 Å². The monoisotopic (exact) mass is 317 g/mol. The summed E-state index contributed by atoms with van der Waals surface area (Å²) >= 11 is 6.21. The molecule has 0 saturated carbocycles. The normalized spacial score (nSPS) is 19.0. The molecular weight excluding hydrogens is 302 g/mol. The Bertz CT molecular complexity index is 797. The number of halogens is 1. The van der Waals surface area contributed by atoms with E-state index in [2.05, 4.69) is 17.1 Å². The molecule has 5 nitrogen and oxygen atoms in total. The minimum Gasteiger partial charge on any atom is -0.464 e. The van der Waals surface area contributed by atoms with E-state index in [0.717, 1.165) is 36.5 Å². The predicted molar refractivity (Wildman–Crippen MR) is 86.4 cm³/mol. The summed E-state index contributed by atoms with van der Waals surface area (Å²) in [6, 6.07) is 8.38. The average molecular weight is 318 g/mol. The second-order valence-corrected chi connectivity index (χ2v) is 5.96. The van der Waals surface area contributed by atoms with Gasteiger partial charge in [0.15, 0.2) is 5.58 Å². The van der Waals surface area contributed by atoms with Crippen LogP contribution in [0.2, 0.25) is 5.02 Å². The van der Waals surface area contributed by atoms with Gasteiger partial charge >= 0.3 is 0 Å². The minimum absolute atomic E-state index is 0.337. The summed E-state index contributed by atoms with van der Waals surface area (Å²) in [6.45, 7) is 4.87. The van der Waals surface area contributed by atoms with Gasteiger partial charge in [0, 0.05) is 42.3 Å². The van der Waals surface area contributed by atoms with E-state index in [9.17, 15) is 0 Å². The second-order valence-electron chi connectivity index (χ2n) is 5.52. The van der Waals surface area contributed by atoms with Gasteiger partial charge in [-0.2, -0.15) is 4.98 Å². The maximum atomic E-state index is 6.21. The van der Waals surface area contributed by atoms with Crippen LogP contribution >= 0.6 is 11.6 Å². The lowest BCUT2D eigenvalue weighted by atomic mass is 10.1. The van der Waals surface area contributed by atoms with Crippen molar-refractivity contribution in [3.8, 4) is 11.3 Å². The van der Waals surface area contributed by atoms with E-state index in [0.29, 0.717) is 22.7 Å². The van der Waals surface area contributed by atoms with Crippen LogP contribution in [0.3, 0.4) is 0 Å². The molecule has 1 aliphatic rings. The highest BCUT2D eigenvalue weighted by Gasteiger charge is 2.24. The lowest BCUT2D eigenvalue weighted by molar-refractivity contribution is 0.456. The van der Waals surface area contributed by atoms with Crippen LogP contribution in [0.15, 0.2) is 39.4 Å². The largest absolute Gasteiger partial charge is 0.464 e. The third-order valence-corrected chi connectivity index (χ3v) is 4.20. The van der Waals surface area contributed by atoms with Crippen LogP contribution in [-0.4, -0.2) is 30.7 Å². The van der Waals surface area contributed by atoms with Crippen LogP contribution in [0.5, 0.6) is 0 Å². The SMILES string of the molecule is C[C@@H]1CNCCN1c1nc2c(-c3ccco3)cc(Cl)cc2o1. The molecule has 0 aliphatic carbocycles. The summed E-state index contributed by atoms with van der Waals surface area (Å²) in [6.07, 6.45) is 1.64. The first-order valence-corrected chi connectivity index (χ1v) is 7.71. The predicted octanol–water partition coefficient (Wildman–Crippen LogP) is 3.54.